The fourth-order valence-electron chi connectivity index (χ4n) is 5.26. The first-order valence-electron chi connectivity index (χ1n) is 15.6. The maximum atomic E-state index is 13.8. The number of benzene rings is 2. The van der Waals surface area contributed by atoms with Gasteiger partial charge < -0.3 is 36.4 Å². The minimum absolute atomic E-state index is 0.0130. The quantitative estimate of drug-likeness (QED) is 0.137. The highest BCUT2D eigenvalue weighted by Gasteiger charge is 2.44. The number of aliphatic hydroxyl groups excluding tert-OH is 1. The predicted molar refractivity (Wildman–Crippen MR) is 180 cm³/mol. The van der Waals surface area contributed by atoms with E-state index in [1.165, 1.54) is 4.90 Å². The van der Waals surface area contributed by atoms with Crippen LogP contribution in [0.25, 0.3) is 10.4 Å². The van der Waals surface area contributed by atoms with Crippen molar-refractivity contribution in [2.75, 3.05) is 32.0 Å². The molecule has 3 atom stereocenters. The lowest BCUT2D eigenvalue weighted by Crippen LogP contribution is -2.58. The number of nitrogen functional groups attached to an aromatic ring is 1. The number of hydrogen-bond donors (Lipinski definition) is 5. The van der Waals surface area contributed by atoms with E-state index < -0.39 is 35.4 Å². The van der Waals surface area contributed by atoms with E-state index >= 15 is 0 Å². The van der Waals surface area contributed by atoms with Crippen molar-refractivity contribution in [1.29, 1.82) is 0 Å². The number of aliphatic hydroxyl groups is 1. The van der Waals surface area contributed by atoms with Gasteiger partial charge in [0.05, 0.1) is 22.2 Å². The number of aryl methyl sites for hydroxylation is 1. The van der Waals surface area contributed by atoms with E-state index in [0.717, 1.165) is 21.7 Å². The van der Waals surface area contributed by atoms with Gasteiger partial charge in [-0.25, -0.2) is 4.98 Å². The smallest absolute Gasteiger partial charge is 0.251 e. The predicted octanol–water partition coefficient (Wildman–Crippen LogP) is 2.65. The molecule has 1 saturated heterocycles. The second-order valence-corrected chi connectivity index (χ2v) is 13.6. The Balaban J connectivity index is 1.25. The summed E-state index contributed by atoms with van der Waals surface area (Å²) in [6.07, 6.45) is -0.283. The minimum atomic E-state index is -0.957. The molecule has 0 unspecified atom stereocenters. The molecule has 3 aromatic rings. The first kappa shape index (κ1) is 35.5. The molecule has 2 aromatic carbocycles. The number of β-amino-alcohol motifs (C(OH)–C–C–N with tert-alkyl or cyclic N) is 1. The third kappa shape index (κ3) is 9.83. The average molecular weight is 665 g/mol. The Morgan fingerprint density at radius 2 is 1.79 bits per heavy atom. The number of nitrogens with zero attached hydrogens (tertiary/aromatic N) is 2. The van der Waals surface area contributed by atoms with Crippen LogP contribution in [0.15, 0.2) is 54.0 Å². The Labute approximate surface area is 279 Å². The minimum Gasteiger partial charge on any atom is -0.399 e. The molecule has 252 valence electrons. The summed E-state index contributed by atoms with van der Waals surface area (Å²) in [5.74, 6) is -1.54. The molecule has 0 radical (unpaired) electrons. The normalized spacial score (nSPS) is 16.8. The van der Waals surface area contributed by atoms with Gasteiger partial charge in [0.2, 0.25) is 17.7 Å². The van der Waals surface area contributed by atoms with E-state index in [4.69, 9.17) is 10.5 Å². The first-order chi connectivity index (χ1) is 22.3. The topological polar surface area (TPSA) is 176 Å². The van der Waals surface area contributed by atoms with Crippen molar-refractivity contribution >= 4 is 40.7 Å². The number of nitrogens with one attached hydrogen (secondary N) is 3. The van der Waals surface area contributed by atoms with Crippen molar-refractivity contribution < 1.29 is 29.0 Å². The summed E-state index contributed by atoms with van der Waals surface area (Å²) in [5.41, 5.74) is 10.7. The van der Waals surface area contributed by atoms with Gasteiger partial charge in [-0.1, -0.05) is 45.0 Å². The van der Waals surface area contributed by atoms with Crippen LogP contribution in [-0.2, 0) is 25.7 Å². The summed E-state index contributed by atoms with van der Waals surface area (Å²) in [5, 5.41) is 18.9. The molecule has 6 N–H and O–H groups in total. The summed E-state index contributed by atoms with van der Waals surface area (Å²) < 4.78 is 5.49. The van der Waals surface area contributed by atoms with Gasteiger partial charge in [-0.2, -0.15) is 0 Å². The Hall–Kier alpha value is -4.33. The lowest BCUT2D eigenvalue weighted by atomic mass is 9.85. The molecule has 4 rings (SSSR count). The lowest BCUT2D eigenvalue weighted by molar-refractivity contribution is -0.144. The molecular formula is C34H44N6O6S. The average Bonchev–Trinajstić information content (AvgIpc) is 3.65. The maximum absolute atomic E-state index is 13.8. The number of amides is 4. The highest BCUT2D eigenvalue weighted by Crippen LogP contribution is 2.28. The highest BCUT2D eigenvalue weighted by atomic mass is 32.1. The number of likely N-dealkylation sites (tertiary alicyclic amines) is 1. The van der Waals surface area contributed by atoms with Gasteiger partial charge in [0.25, 0.3) is 5.91 Å². The van der Waals surface area contributed by atoms with E-state index in [1.807, 2.05) is 57.5 Å². The van der Waals surface area contributed by atoms with Gasteiger partial charge in [-0.15, -0.1) is 11.3 Å². The molecule has 4 amide bonds. The van der Waals surface area contributed by atoms with Gasteiger partial charge in [0.15, 0.2) is 0 Å². The van der Waals surface area contributed by atoms with Gasteiger partial charge >= 0.3 is 0 Å². The van der Waals surface area contributed by atoms with E-state index in [1.54, 1.807) is 35.6 Å². The van der Waals surface area contributed by atoms with Crippen LogP contribution in [-0.4, -0.2) is 83.1 Å². The lowest BCUT2D eigenvalue weighted by Gasteiger charge is -2.35. The largest absolute Gasteiger partial charge is 0.399 e. The molecule has 47 heavy (non-hydrogen) atoms. The van der Waals surface area contributed by atoms with Crippen molar-refractivity contribution in [2.24, 2.45) is 5.41 Å². The van der Waals surface area contributed by atoms with Crippen LogP contribution in [0.5, 0.6) is 0 Å². The van der Waals surface area contributed by atoms with Gasteiger partial charge in [-0.3, -0.25) is 19.2 Å². The molecule has 1 aliphatic heterocycles. The van der Waals surface area contributed by atoms with E-state index in [0.29, 0.717) is 24.2 Å². The Kier molecular flexibility index (Phi) is 12.1. The Morgan fingerprint density at radius 1 is 1.09 bits per heavy atom. The number of carbonyl (C=O) groups is 4. The number of nitrogens with two attached hydrogens (primary N) is 1. The molecule has 13 heteroatoms. The van der Waals surface area contributed by atoms with Crippen molar-refractivity contribution in [3.63, 3.8) is 0 Å². The standard InChI is InChI=1S/C34H44N6O6S/c1-21-29(47-20-38-21)23-8-6-22(7-9-23)17-37-32(44)27-16-26(41)18-40(27)33(45)30(34(2,3)4)39-28(42)19-46-15-5-14-36-31(43)24-10-12-25(35)13-11-24/h6-13,20,26-27,30,41H,5,14-19,35H2,1-4H3,(H,36,43)(H,37,44)(H,39,42)/t26-,27+,30-/m1/s1. The fourth-order valence-corrected chi connectivity index (χ4v) is 6.07. The zero-order valence-electron chi connectivity index (χ0n) is 27.2. The highest BCUT2D eigenvalue weighted by molar-refractivity contribution is 7.13. The van der Waals surface area contributed by atoms with Crippen molar-refractivity contribution in [3.05, 3.63) is 70.9 Å². The number of rotatable bonds is 13. The summed E-state index contributed by atoms with van der Waals surface area (Å²) in [6, 6.07) is 12.6. The number of anilines is 1. The second-order valence-electron chi connectivity index (χ2n) is 12.7. The number of hydrogen-bond acceptors (Lipinski definition) is 9. The van der Waals surface area contributed by atoms with Crippen molar-refractivity contribution in [3.8, 4) is 10.4 Å². The molecule has 0 spiro atoms. The first-order valence-corrected chi connectivity index (χ1v) is 16.5. The zero-order chi connectivity index (χ0) is 34.1. The molecule has 12 nitrogen and oxygen atoms in total. The van der Waals surface area contributed by atoms with Crippen LogP contribution >= 0.6 is 11.3 Å². The van der Waals surface area contributed by atoms with Gasteiger partial charge in [-0.05, 0) is 54.2 Å². The van der Waals surface area contributed by atoms with Crippen LogP contribution in [0.1, 0.15) is 55.2 Å². The maximum Gasteiger partial charge on any atom is 0.251 e. The number of ether oxygens (including phenoxy) is 1. The molecule has 0 aliphatic carbocycles. The summed E-state index contributed by atoms with van der Waals surface area (Å²) in [7, 11) is 0. The van der Waals surface area contributed by atoms with Crippen LogP contribution in [0, 0.1) is 12.3 Å². The van der Waals surface area contributed by atoms with Crippen LogP contribution in [0.2, 0.25) is 0 Å². The second kappa shape index (κ2) is 16.0. The molecule has 0 saturated carbocycles. The molecule has 1 fully saturated rings. The third-order valence-electron chi connectivity index (χ3n) is 7.87. The van der Waals surface area contributed by atoms with Crippen molar-refractivity contribution in [2.45, 2.75) is 65.3 Å². The monoisotopic (exact) mass is 664 g/mol. The SMILES string of the molecule is Cc1ncsc1-c1ccc(CNC(=O)[C@@H]2C[C@@H](O)CN2C(=O)[C@@H](NC(=O)COCCCNC(=O)c2ccc(N)cc2)C(C)(C)C)cc1. The van der Waals surface area contributed by atoms with Crippen LogP contribution in [0.3, 0.4) is 0 Å². The Bertz CT molecular complexity index is 1540. The van der Waals surface area contributed by atoms with Crippen LogP contribution in [0.4, 0.5) is 5.69 Å². The number of thiazole rings is 1. The number of aromatic nitrogens is 1. The molecule has 0 bridgehead atoms. The Morgan fingerprint density at radius 3 is 2.43 bits per heavy atom. The fraction of sp³-hybridized carbons (Fsp3) is 0.441. The van der Waals surface area contributed by atoms with Gasteiger partial charge in [0.1, 0.15) is 18.7 Å². The molecule has 1 aliphatic rings. The zero-order valence-corrected chi connectivity index (χ0v) is 28.1. The molecule has 2 heterocycles. The summed E-state index contributed by atoms with van der Waals surface area (Å²) in [4.78, 5) is 58.8. The molecular weight excluding hydrogens is 620 g/mol. The number of carbonyl (C=O) groups excluding carboxylic acids is 4. The van der Waals surface area contributed by atoms with E-state index in [-0.39, 0.29) is 44.5 Å². The summed E-state index contributed by atoms with van der Waals surface area (Å²) in [6.45, 7) is 7.96. The van der Waals surface area contributed by atoms with E-state index in [2.05, 4.69) is 20.9 Å². The third-order valence-corrected chi connectivity index (χ3v) is 8.85. The molecule has 1 aromatic heterocycles. The van der Waals surface area contributed by atoms with Crippen molar-refractivity contribution in [1.82, 2.24) is 25.8 Å². The van der Waals surface area contributed by atoms with Gasteiger partial charge in [0, 0.05) is 43.9 Å². The van der Waals surface area contributed by atoms with E-state index in [9.17, 15) is 24.3 Å². The van der Waals surface area contributed by atoms with Crippen LogP contribution < -0.4 is 21.7 Å². The summed E-state index contributed by atoms with van der Waals surface area (Å²) >= 11 is 1.57.